The quantitative estimate of drug-likeness (QED) is 0.171. The number of aromatic nitrogens is 3. The number of rotatable bonds is 13. The summed E-state index contributed by atoms with van der Waals surface area (Å²) in [6.45, 7) is 8.36. The zero-order valence-corrected chi connectivity index (χ0v) is 24.9. The Kier molecular flexibility index (Phi) is 10.3. The number of nitrogens with one attached hydrogen (secondary N) is 2. The number of hydrogen-bond acceptors (Lipinski definition) is 10. The molecule has 3 aromatic heterocycles. The number of methoxy groups -OCH3 is 2. The molecule has 0 atom stereocenters. The van der Waals surface area contributed by atoms with E-state index in [1.807, 2.05) is 12.1 Å². The minimum Gasteiger partial charge on any atom is -0.495 e. The molecule has 10 nitrogen and oxygen atoms in total. The fourth-order valence-corrected chi connectivity index (χ4v) is 5.45. The molecule has 0 aliphatic heterocycles. The largest absolute Gasteiger partial charge is 0.495 e. The first-order valence-electron chi connectivity index (χ1n) is 12.6. The maximum Gasteiger partial charge on any atom is 0.258 e. The molecule has 0 saturated heterocycles. The maximum atomic E-state index is 13.3. The third kappa shape index (κ3) is 6.73. The summed E-state index contributed by atoms with van der Waals surface area (Å²) < 4.78 is 17.0. The van der Waals surface area contributed by atoms with Gasteiger partial charge in [-0.15, -0.1) is 11.3 Å². The zero-order chi connectivity index (χ0) is 28.6. The molecule has 0 saturated carbocycles. The van der Waals surface area contributed by atoms with Gasteiger partial charge in [0.15, 0.2) is 5.82 Å². The summed E-state index contributed by atoms with van der Waals surface area (Å²) in [5.74, 6) is 1.31. The lowest BCUT2D eigenvalue weighted by Crippen LogP contribution is -2.26. The number of nitrogens with zero attached hydrogens (tertiary/aromatic N) is 4. The van der Waals surface area contributed by atoms with Gasteiger partial charge in [-0.25, -0.2) is 15.0 Å². The van der Waals surface area contributed by atoms with E-state index in [1.165, 1.54) is 31.9 Å². The van der Waals surface area contributed by atoms with Gasteiger partial charge in [-0.2, -0.15) is 0 Å². The van der Waals surface area contributed by atoms with Crippen LogP contribution >= 0.6 is 34.5 Å². The van der Waals surface area contributed by atoms with Gasteiger partial charge in [0.25, 0.3) is 5.91 Å². The Balaban J connectivity index is 1.47. The Morgan fingerprint density at radius 1 is 1.05 bits per heavy atom. The highest BCUT2D eigenvalue weighted by Crippen LogP contribution is 2.44. The Morgan fingerprint density at radius 2 is 1.77 bits per heavy atom. The van der Waals surface area contributed by atoms with Gasteiger partial charge in [0.05, 0.1) is 48.9 Å². The number of benzene rings is 1. The SMILES string of the molecule is CCN(CC)CCOCc1ccc(Nc2ncnc3c(C(=O)Nc4c(Cl)c(OC)cc(OC)c4Cl)csc23)nc1. The van der Waals surface area contributed by atoms with E-state index in [4.69, 9.17) is 37.4 Å². The second-order valence-electron chi connectivity index (χ2n) is 8.54. The molecule has 4 rings (SSSR count). The van der Waals surface area contributed by atoms with Crippen molar-refractivity contribution in [3.8, 4) is 11.5 Å². The van der Waals surface area contributed by atoms with Gasteiger partial charge in [-0.1, -0.05) is 43.1 Å². The topological polar surface area (TPSA) is 111 Å². The van der Waals surface area contributed by atoms with Crippen LogP contribution in [0.2, 0.25) is 10.0 Å². The normalized spacial score (nSPS) is 11.2. The number of amides is 1. The van der Waals surface area contributed by atoms with E-state index in [-0.39, 0.29) is 15.7 Å². The average molecular weight is 606 g/mol. The van der Waals surface area contributed by atoms with Gasteiger partial charge in [-0.05, 0) is 24.7 Å². The van der Waals surface area contributed by atoms with Crippen LogP contribution in [0.4, 0.5) is 17.3 Å². The van der Waals surface area contributed by atoms with Gasteiger partial charge in [-0.3, -0.25) is 4.79 Å². The number of pyridine rings is 1. The molecule has 0 spiro atoms. The van der Waals surface area contributed by atoms with Gasteiger partial charge < -0.3 is 29.7 Å². The number of carbonyl (C=O) groups excluding carboxylic acids is 1. The molecule has 0 aliphatic carbocycles. The Bertz CT molecular complexity index is 1440. The van der Waals surface area contributed by atoms with Crippen molar-refractivity contribution in [2.24, 2.45) is 0 Å². The van der Waals surface area contributed by atoms with Gasteiger partial charge in [0.2, 0.25) is 0 Å². The van der Waals surface area contributed by atoms with Crippen molar-refractivity contribution in [3.63, 3.8) is 0 Å². The van der Waals surface area contributed by atoms with Crippen molar-refractivity contribution in [2.75, 3.05) is 51.1 Å². The molecule has 0 aliphatic rings. The molecule has 3 heterocycles. The van der Waals surface area contributed by atoms with Crippen molar-refractivity contribution in [1.29, 1.82) is 0 Å². The zero-order valence-electron chi connectivity index (χ0n) is 22.6. The van der Waals surface area contributed by atoms with Crippen LogP contribution < -0.4 is 20.1 Å². The van der Waals surface area contributed by atoms with Crippen molar-refractivity contribution in [2.45, 2.75) is 20.5 Å². The molecule has 0 fully saturated rings. The molecule has 212 valence electrons. The van der Waals surface area contributed by atoms with Gasteiger partial charge in [0.1, 0.15) is 33.7 Å². The van der Waals surface area contributed by atoms with Crippen molar-refractivity contribution in [1.82, 2.24) is 19.9 Å². The second-order valence-corrected chi connectivity index (χ2v) is 10.2. The van der Waals surface area contributed by atoms with Crippen LogP contribution in [0.15, 0.2) is 36.1 Å². The van der Waals surface area contributed by atoms with E-state index < -0.39 is 5.91 Å². The Labute approximate surface area is 246 Å². The average Bonchev–Trinajstić information content (AvgIpc) is 3.42. The standard InChI is InChI=1S/C27H30Cl2N6O4S/c1-5-35(6-2)9-10-39-13-16-7-8-20(30-12-16)33-26-25-23(31-15-32-26)17(14-40-25)27(36)34-24-21(28)18(37-3)11-19(38-4)22(24)29/h7-8,11-12,14-15H,5-6,9-10,13H2,1-4H3,(H,34,36)(H,30,31,32,33). The number of ether oxygens (including phenoxy) is 3. The molecule has 2 N–H and O–H groups in total. The van der Waals surface area contributed by atoms with E-state index in [0.717, 1.165) is 25.2 Å². The van der Waals surface area contributed by atoms with Crippen LogP contribution in [-0.2, 0) is 11.3 Å². The highest BCUT2D eigenvalue weighted by molar-refractivity contribution is 7.18. The van der Waals surface area contributed by atoms with Crippen LogP contribution in [-0.4, -0.2) is 66.2 Å². The first kappa shape index (κ1) is 29.8. The smallest absolute Gasteiger partial charge is 0.258 e. The minimum atomic E-state index is -0.446. The van der Waals surface area contributed by atoms with Crippen molar-refractivity contribution >= 4 is 68.0 Å². The lowest BCUT2D eigenvalue weighted by molar-refractivity contribution is 0.0955. The van der Waals surface area contributed by atoms with Crippen LogP contribution in [0.1, 0.15) is 29.8 Å². The number of thiophene rings is 1. The Morgan fingerprint density at radius 3 is 2.40 bits per heavy atom. The van der Waals surface area contributed by atoms with Crippen LogP contribution in [0, 0.1) is 0 Å². The predicted octanol–water partition coefficient (Wildman–Crippen LogP) is 6.26. The summed E-state index contributed by atoms with van der Waals surface area (Å²) in [6.07, 6.45) is 3.15. The Hall–Kier alpha value is -3.22. The predicted molar refractivity (Wildman–Crippen MR) is 160 cm³/mol. The first-order valence-corrected chi connectivity index (χ1v) is 14.2. The molecule has 0 radical (unpaired) electrons. The molecule has 13 heteroatoms. The highest BCUT2D eigenvalue weighted by Gasteiger charge is 2.22. The van der Waals surface area contributed by atoms with E-state index in [1.54, 1.807) is 17.6 Å². The summed E-state index contributed by atoms with van der Waals surface area (Å²) >= 11 is 14.2. The molecule has 40 heavy (non-hydrogen) atoms. The molecular weight excluding hydrogens is 575 g/mol. The van der Waals surface area contributed by atoms with Gasteiger partial charge >= 0.3 is 0 Å². The van der Waals surface area contributed by atoms with Crippen LogP contribution in [0.5, 0.6) is 11.5 Å². The van der Waals surface area contributed by atoms with Crippen LogP contribution in [0.3, 0.4) is 0 Å². The van der Waals surface area contributed by atoms with Crippen molar-refractivity contribution in [3.05, 3.63) is 57.3 Å². The molecule has 1 amide bonds. The number of fused-ring (bicyclic) bond motifs is 1. The third-order valence-corrected chi connectivity index (χ3v) is 7.92. The third-order valence-electron chi connectivity index (χ3n) is 6.20. The summed E-state index contributed by atoms with van der Waals surface area (Å²) in [7, 11) is 2.92. The number of carbonyl (C=O) groups is 1. The number of likely N-dealkylation sites (N-methyl/N-ethyl adjacent to an activating group) is 1. The van der Waals surface area contributed by atoms with E-state index >= 15 is 0 Å². The lowest BCUT2D eigenvalue weighted by atomic mass is 10.2. The maximum absolute atomic E-state index is 13.3. The molecule has 0 unspecified atom stereocenters. The number of halogens is 2. The second kappa shape index (κ2) is 13.9. The first-order chi connectivity index (χ1) is 19.4. The summed E-state index contributed by atoms with van der Waals surface area (Å²) in [6, 6.07) is 5.36. The molecule has 4 aromatic rings. The van der Waals surface area contributed by atoms with E-state index in [9.17, 15) is 4.79 Å². The monoisotopic (exact) mass is 604 g/mol. The fourth-order valence-electron chi connectivity index (χ4n) is 3.91. The summed E-state index contributed by atoms with van der Waals surface area (Å²) in [4.78, 5) is 28.8. The lowest BCUT2D eigenvalue weighted by Gasteiger charge is -2.17. The van der Waals surface area contributed by atoms with E-state index in [0.29, 0.717) is 52.1 Å². The van der Waals surface area contributed by atoms with Gasteiger partial charge in [0, 0.05) is 24.2 Å². The molecule has 0 bridgehead atoms. The highest BCUT2D eigenvalue weighted by atomic mass is 35.5. The van der Waals surface area contributed by atoms with Crippen LogP contribution in [0.25, 0.3) is 10.2 Å². The van der Waals surface area contributed by atoms with Crippen molar-refractivity contribution < 1.29 is 19.0 Å². The number of hydrogen-bond donors (Lipinski definition) is 2. The number of anilines is 3. The molecule has 1 aromatic carbocycles. The summed E-state index contributed by atoms with van der Waals surface area (Å²) in [5, 5.41) is 7.99. The molecular formula is C27H30Cl2N6O4S. The summed E-state index contributed by atoms with van der Waals surface area (Å²) in [5.41, 5.74) is 1.96. The minimum absolute atomic E-state index is 0.155. The van der Waals surface area contributed by atoms with E-state index in [2.05, 4.69) is 44.3 Å². The fraction of sp³-hybridized carbons (Fsp3) is 0.333.